The van der Waals surface area contributed by atoms with Gasteiger partial charge in [-0.1, -0.05) is 43.7 Å². The molecule has 0 bridgehead atoms. The largest absolute Gasteiger partial charge is 0.463 e. The van der Waals surface area contributed by atoms with Crippen molar-refractivity contribution in [3.05, 3.63) is 60.4 Å². The maximum absolute atomic E-state index is 5.47. The quantitative estimate of drug-likeness (QED) is 0.280. The van der Waals surface area contributed by atoms with Crippen molar-refractivity contribution in [2.45, 2.75) is 39.2 Å². The van der Waals surface area contributed by atoms with Gasteiger partial charge < -0.3 is 20.0 Å². The highest BCUT2D eigenvalue weighted by Crippen LogP contribution is 2.27. The Bertz CT molecular complexity index is 1260. The Labute approximate surface area is 217 Å². The van der Waals surface area contributed by atoms with Crippen molar-refractivity contribution in [3.63, 3.8) is 0 Å². The van der Waals surface area contributed by atoms with E-state index in [0.29, 0.717) is 29.4 Å². The standard InChI is InChI=1S/C27H35N9O/c1-4-5-13-35-14-16-36(17-15-35)26-30-24(28-23-19-21(33-34-23)22-12-9-18-37-22)29-25(31-26)32-27(2,3)20-10-7-6-8-11-20/h6-12,18-19H,4-5,13-17H2,1-3H3,(H3,28,29,30,31,32,33,34). The summed E-state index contributed by atoms with van der Waals surface area (Å²) in [6.07, 6.45) is 4.08. The third kappa shape index (κ3) is 6.08. The van der Waals surface area contributed by atoms with E-state index in [2.05, 4.69) is 63.5 Å². The van der Waals surface area contributed by atoms with E-state index in [1.165, 1.54) is 12.8 Å². The molecule has 1 aliphatic rings. The van der Waals surface area contributed by atoms with Crippen molar-refractivity contribution in [3.8, 4) is 11.5 Å². The Morgan fingerprint density at radius 3 is 2.49 bits per heavy atom. The minimum Gasteiger partial charge on any atom is -0.463 e. The SMILES string of the molecule is CCCCN1CCN(c2nc(Nc3cc(-c4ccco4)[nH]n3)nc(NC(C)(C)c3ccccc3)n2)CC1. The summed E-state index contributed by atoms with van der Waals surface area (Å²) < 4.78 is 5.47. The fourth-order valence-corrected chi connectivity index (χ4v) is 4.44. The second-order valence-electron chi connectivity index (χ2n) is 9.85. The molecule has 37 heavy (non-hydrogen) atoms. The molecule has 1 saturated heterocycles. The van der Waals surface area contributed by atoms with Crippen molar-refractivity contribution < 1.29 is 4.42 Å². The van der Waals surface area contributed by atoms with E-state index in [1.807, 2.05) is 36.4 Å². The maximum atomic E-state index is 5.47. The lowest BCUT2D eigenvalue weighted by Gasteiger charge is -2.35. The second kappa shape index (κ2) is 11.0. The Balaban J connectivity index is 1.39. The van der Waals surface area contributed by atoms with Gasteiger partial charge in [0.05, 0.1) is 11.8 Å². The summed E-state index contributed by atoms with van der Waals surface area (Å²) >= 11 is 0. The zero-order chi connectivity index (χ0) is 25.7. The van der Waals surface area contributed by atoms with Crippen LogP contribution in [-0.2, 0) is 5.54 Å². The second-order valence-corrected chi connectivity index (χ2v) is 9.85. The van der Waals surface area contributed by atoms with Gasteiger partial charge in [-0.25, -0.2) is 0 Å². The Morgan fingerprint density at radius 2 is 1.76 bits per heavy atom. The van der Waals surface area contributed by atoms with E-state index in [9.17, 15) is 0 Å². The maximum Gasteiger partial charge on any atom is 0.235 e. The molecule has 3 aromatic heterocycles. The summed E-state index contributed by atoms with van der Waals surface area (Å²) in [5.74, 6) is 2.91. The third-order valence-corrected chi connectivity index (χ3v) is 6.63. The number of unbranched alkanes of at least 4 members (excludes halogenated alkanes) is 1. The first-order chi connectivity index (χ1) is 18.0. The number of nitrogens with zero attached hydrogens (tertiary/aromatic N) is 6. The number of rotatable bonds is 10. The monoisotopic (exact) mass is 501 g/mol. The fourth-order valence-electron chi connectivity index (χ4n) is 4.44. The number of furan rings is 1. The van der Waals surface area contributed by atoms with E-state index in [4.69, 9.17) is 19.4 Å². The molecular formula is C27H35N9O. The molecule has 0 spiro atoms. The third-order valence-electron chi connectivity index (χ3n) is 6.63. The first-order valence-corrected chi connectivity index (χ1v) is 12.9. The van der Waals surface area contributed by atoms with Gasteiger partial charge in [0, 0.05) is 32.2 Å². The van der Waals surface area contributed by atoms with E-state index < -0.39 is 0 Å². The van der Waals surface area contributed by atoms with Gasteiger partial charge in [-0.2, -0.15) is 20.1 Å². The summed E-state index contributed by atoms with van der Waals surface area (Å²) in [6, 6.07) is 15.9. The van der Waals surface area contributed by atoms with Crippen LogP contribution in [0.4, 0.5) is 23.7 Å². The lowest BCUT2D eigenvalue weighted by Crippen LogP contribution is -2.47. The molecule has 0 unspecified atom stereocenters. The summed E-state index contributed by atoms with van der Waals surface area (Å²) in [6.45, 7) is 11.4. The van der Waals surface area contributed by atoms with Gasteiger partial charge in [-0.05, 0) is 44.5 Å². The van der Waals surface area contributed by atoms with Crippen molar-refractivity contribution >= 4 is 23.7 Å². The number of piperazine rings is 1. The normalized spacial score (nSPS) is 14.6. The zero-order valence-corrected chi connectivity index (χ0v) is 21.7. The fraction of sp³-hybridized carbons (Fsp3) is 0.407. The van der Waals surface area contributed by atoms with Crippen LogP contribution in [0.5, 0.6) is 0 Å². The molecule has 1 aliphatic heterocycles. The highest BCUT2D eigenvalue weighted by atomic mass is 16.3. The van der Waals surface area contributed by atoms with E-state index in [0.717, 1.165) is 44.0 Å². The predicted molar refractivity (Wildman–Crippen MR) is 146 cm³/mol. The van der Waals surface area contributed by atoms with Gasteiger partial charge in [0.1, 0.15) is 5.69 Å². The van der Waals surface area contributed by atoms with Crippen LogP contribution < -0.4 is 15.5 Å². The minimum absolute atomic E-state index is 0.380. The number of aromatic amines is 1. The predicted octanol–water partition coefficient (Wildman–Crippen LogP) is 4.87. The number of aromatic nitrogens is 5. The molecule has 194 valence electrons. The van der Waals surface area contributed by atoms with Gasteiger partial charge in [0.15, 0.2) is 11.6 Å². The molecule has 1 fully saturated rings. The number of H-pyrrole nitrogens is 1. The summed E-state index contributed by atoms with van der Waals surface area (Å²) in [5.41, 5.74) is 1.54. The molecule has 0 saturated carbocycles. The van der Waals surface area contributed by atoms with Crippen LogP contribution in [0.25, 0.3) is 11.5 Å². The number of hydrogen-bond donors (Lipinski definition) is 3. The summed E-state index contributed by atoms with van der Waals surface area (Å²) in [4.78, 5) is 19.0. The summed E-state index contributed by atoms with van der Waals surface area (Å²) in [5, 5.41) is 14.1. The number of hydrogen-bond acceptors (Lipinski definition) is 9. The summed E-state index contributed by atoms with van der Waals surface area (Å²) in [7, 11) is 0. The molecule has 4 heterocycles. The van der Waals surface area contributed by atoms with E-state index >= 15 is 0 Å². The van der Waals surface area contributed by atoms with Crippen molar-refractivity contribution in [2.75, 3.05) is 48.3 Å². The van der Waals surface area contributed by atoms with E-state index in [-0.39, 0.29) is 5.54 Å². The lowest BCUT2D eigenvalue weighted by atomic mass is 9.95. The Kier molecular flexibility index (Phi) is 7.36. The average Bonchev–Trinajstić information content (AvgIpc) is 3.60. The number of nitrogens with one attached hydrogen (secondary N) is 3. The molecule has 4 aromatic rings. The molecule has 3 N–H and O–H groups in total. The van der Waals surface area contributed by atoms with Crippen LogP contribution >= 0.6 is 0 Å². The number of anilines is 4. The first kappa shape index (κ1) is 24.8. The molecule has 10 heteroatoms. The van der Waals surface area contributed by atoms with E-state index in [1.54, 1.807) is 6.26 Å². The zero-order valence-electron chi connectivity index (χ0n) is 21.7. The van der Waals surface area contributed by atoms with Gasteiger partial charge in [-0.15, -0.1) is 0 Å². The van der Waals surface area contributed by atoms with Crippen LogP contribution in [-0.4, -0.2) is 62.8 Å². The highest BCUT2D eigenvalue weighted by Gasteiger charge is 2.24. The first-order valence-electron chi connectivity index (χ1n) is 12.9. The van der Waals surface area contributed by atoms with Crippen molar-refractivity contribution in [1.82, 2.24) is 30.0 Å². The topological polar surface area (TPSA) is 111 Å². The van der Waals surface area contributed by atoms with Gasteiger partial charge in [-0.3, -0.25) is 10.00 Å². The average molecular weight is 502 g/mol. The van der Waals surface area contributed by atoms with Crippen LogP contribution in [0.2, 0.25) is 0 Å². The molecule has 1 aromatic carbocycles. The smallest absolute Gasteiger partial charge is 0.235 e. The van der Waals surface area contributed by atoms with Crippen LogP contribution in [0.3, 0.4) is 0 Å². The highest BCUT2D eigenvalue weighted by molar-refractivity contribution is 5.61. The van der Waals surface area contributed by atoms with Gasteiger partial charge in [0.25, 0.3) is 0 Å². The molecular weight excluding hydrogens is 466 g/mol. The molecule has 10 nitrogen and oxygen atoms in total. The molecule has 0 amide bonds. The molecule has 0 atom stereocenters. The molecule has 0 aliphatic carbocycles. The lowest BCUT2D eigenvalue weighted by molar-refractivity contribution is 0.253. The molecule has 5 rings (SSSR count). The van der Waals surface area contributed by atoms with Crippen LogP contribution in [0, 0.1) is 0 Å². The van der Waals surface area contributed by atoms with Gasteiger partial charge in [0.2, 0.25) is 17.8 Å². The number of benzene rings is 1. The Hall–Kier alpha value is -3.92. The van der Waals surface area contributed by atoms with Crippen molar-refractivity contribution in [2.24, 2.45) is 0 Å². The Morgan fingerprint density at radius 1 is 0.973 bits per heavy atom. The van der Waals surface area contributed by atoms with Crippen LogP contribution in [0.15, 0.2) is 59.2 Å². The van der Waals surface area contributed by atoms with Gasteiger partial charge >= 0.3 is 0 Å². The minimum atomic E-state index is -0.380. The van der Waals surface area contributed by atoms with Crippen molar-refractivity contribution in [1.29, 1.82) is 0 Å². The molecule has 0 radical (unpaired) electrons. The van der Waals surface area contributed by atoms with Crippen LogP contribution in [0.1, 0.15) is 39.2 Å².